The number of amides is 1. The predicted octanol–water partition coefficient (Wildman–Crippen LogP) is 2.81. The van der Waals surface area contributed by atoms with Crippen LogP contribution in [0, 0.1) is 11.6 Å². The summed E-state index contributed by atoms with van der Waals surface area (Å²) in [6.07, 6.45) is -5.15. The van der Waals surface area contributed by atoms with Crippen LogP contribution in [0.2, 0.25) is 0 Å². The molecule has 0 saturated carbocycles. The second-order valence-electron chi connectivity index (χ2n) is 6.52. The molecule has 3 rings (SSSR count). The van der Waals surface area contributed by atoms with Crippen molar-refractivity contribution in [3.63, 3.8) is 0 Å². The average Bonchev–Trinajstić information content (AvgIpc) is 2.71. The van der Waals surface area contributed by atoms with Crippen LogP contribution in [0.5, 0.6) is 0 Å². The minimum Gasteiger partial charge on any atom is -0.348 e. The molecule has 0 radical (unpaired) electrons. The third-order valence-electron chi connectivity index (χ3n) is 4.29. The molecule has 2 N–H and O–H groups in total. The minimum atomic E-state index is -5.15. The van der Waals surface area contributed by atoms with Crippen LogP contribution >= 0.6 is 0 Å². The van der Waals surface area contributed by atoms with Crippen LogP contribution in [-0.4, -0.2) is 15.7 Å². The van der Waals surface area contributed by atoms with E-state index in [1.54, 1.807) is 5.10 Å². The van der Waals surface area contributed by atoms with Crippen molar-refractivity contribution < 1.29 is 26.7 Å². The van der Waals surface area contributed by atoms with Crippen molar-refractivity contribution >= 4 is 5.91 Å². The lowest BCUT2D eigenvalue weighted by Crippen LogP contribution is -2.45. The number of carbonyl (C=O) groups excluding carboxylic acids is 1. The lowest BCUT2D eigenvalue weighted by molar-refractivity contribution is -0.142. The molecule has 0 atom stereocenters. The van der Waals surface area contributed by atoms with Gasteiger partial charge in [0.2, 0.25) is 0 Å². The predicted molar refractivity (Wildman–Crippen MR) is 99.4 cm³/mol. The van der Waals surface area contributed by atoms with Gasteiger partial charge in [-0.15, -0.1) is 0 Å². The highest BCUT2D eigenvalue weighted by atomic mass is 19.4. The third-order valence-corrected chi connectivity index (χ3v) is 4.29. The summed E-state index contributed by atoms with van der Waals surface area (Å²) in [5.74, 6) is -2.55. The van der Waals surface area contributed by atoms with E-state index in [-0.39, 0.29) is 12.1 Å². The highest BCUT2D eigenvalue weighted by Gasteiger charge is 2.39. The van der Waals surface area contributed by atoms with Crippen molar-refractivity contribution in [3.8, 4) is 0 Å². The number of aromatic amines is 1. The van der Waals surface area contributed by atoms with Gasteiger partial charge in [-0.2, -0.15) is 13.2 Å². The van der Waals surface area contributed by atoms with E-state index in [0.29, 0.717) is 10.2 Å². The molecule has 0 aliphatic rings. The molecule has 0 bridgehead atoms. The Hall–Kier alpha value is -3.76. The summed E-state index contributed by atoms with van der Waals surface area (Å²) in [5.41, 5.74) is -5.50. The zero-order valence-electron chi connectivity index (χ0n) is 15.6. The first kappa shape index (κ1) is 21.9. The first-order valence-electron chi connectivity index (χ1n) is 8.77. The first-order valence-corrected chi connectivity index (χ1v) is 8.77. The van der Waals surface area contributed by atoms with Crippen molar-refractivity contribution in [2.45, 2.75) is 19.3 Å². The van der Waals surface area contributed by atoms with Crippen molar-refractivity contribution in [2.75, 3.05) is 0 Å². The molecule has 1 aromatic heterocycles. The van der Waals surface area contributed by atoms with Gasteiger partial charge < -0.3 is 5.32 Å². The maximum absolute atomic E-state index is 13.5. The Morgan fingerprint density at radius 1 is 0.903 bits per heavy atom. The van der Waals surface area contributed by atoms with Gasteiger partial charge in [0.1, 0.15) is 17.2 Å². The molecule has 1 amide bonds. The van der Waals surface area contributed by atoms with Crippen LogP contribution in [-0.2, 0) is 19.3 Å². The number of nitrogens with one attached hydrogen (secondary N) is 2. The Balaban J connectivity index is 1.97. The van der Waals surface area contributed by atoms with Crippen LogP contribution in [0.4, 0.5) is 22.0 Å². The van der Waals surface area contributed by atoms with E-state index in [0.717, 1.165) is 24.3 Å². The van der Waals surface area contributed by atoms with E-state index in [9.17, 15) is 36.3 Å². The van der Waals surface area contributed by atoms with Crippen molar-refractivity contribution in [1.29, 1.82) is 0 Å². The van der Waals surface area contributed by atoms with Crippen LogP contribution in [0.15, 0.2) is 58.1 Å². The monoisotopic (exact) mass is 439 g/mol. The normalized spacial score (nSPS) is 11.4. The van der Waals surface area contributed by atoms with Crippen LogP contribution in [0.3, 0.4) is 0 Å². The first-order chi connectivity index (χ1) is 14.6. The molecule has 2 aromatic carbocycles. The molecule has 31 heavy (non-hydrogen) atoms. The van der Waals surface area contributed by atoms with Gasteiger partial charge in [0.05, 0.1) is 6.54 Å². The zero-order chi connectivity index (χ0) is 22.8. The van der Waals surface area contributed by atoms with Gasteiger partial charge in [-0.3, -0.25) is 19.5 Å². The van der Waals surface area contributed by atoms with Gasteiger partial charge in [-0.05, 0) is 35.4 Å². The Labute approximate surface area is 170 Å². The van der Waals surface area contributed by atoms with E-state index in [1.807, 2.05) is 0 Å². The Morgan fingerprint density at radius 3 is 1.94 bits per heavy atom. The average molecular weight is 439 g/mol. The molecule has 1 heterocycles. The zero-order valence-corrected chi connectivity index (χ0v) is 15.6. The molecule has 0 aliphatic heterocycles. The minimum absolute atomic E-state index is 0.251. The molecule has 0 fully saturated rings. The summed E-state index contributed by atoms with van der Waals surface area (Å²) < 4.78 is 67.0. The molecule has 0 unspecified atom stereocenters. The number of H-pyrrole nitrogens is 1. The van der Waals surface area contributed by atoms with E-state index in [2.05, 4.69) is 5.32 Å². The lowest BCUT2D eigenvalue weighted by atomic mass is 10.1. The SMILES string of the molecule is O=C(NCc1ccc(F)cc1)c1c(C(F)(F)F)[nH]n(Cc2ccc(F)cc2)c(=O)c1=O. The maximum atomic E-state index is 13.5. The van der Waals surface area contributed by atoms with Gasteiger partial charge in [0.15, 0.2) is 5.69 Å². The highest BCUT2D eigenvalue weighted by molar-refractivity contribution is 5.95. The number of hydrogen-bond acceptors (Lipinski definition) is 3. The van der Waals surface area contributed by atoms with Crippen LogP contribution < -0.4 is 16.3 Å². The van der Waals surface area contributed by atoms with Gasteiger partial charge in [-0.25, -0.2) is 13.5 Å². The largest absolute Gasteiger partial charge is 0.433 e. The summed E-state index contributed by atoms with van der Waals surface area (Å²) in [5, 5.41) is 3.91. The molecule has 11 heteroatoms. The molecular formula is C20H14F5N3O3. The van der Waals surface area contributed by atoms with Crippen LogP contribution in [0.1, 0.15) is 27.2 Å². The van der Waals surface area contributed by atoms with E-state index in [1.165, 1.54) is 24.3 Å². The molecule has 162 valence electrons. The fourth-order valence-electron chi connectivity index (χ4n) is 2.76. The Bertz CT molecular complexity index is 1210. The summed E-state index contributed by atoms with van der Waals surface area (Å²) in [6, 6.07) is 9.32. The quantitative estimate of drug-likeness (QED) is 0.474. The highest BCUT2D eigenvalue weighted by Crippen LogP contribution is 2.28. The molecule has 3 aromatic rings. The number of nitrogens with zero attached hydrogens (tertiary/aromatic N) is 1. The number of hydrogen-bond donors (Lipinski definition) is 2. The maximum Gasteiger partial charge on any atom is 0.433 e. The summed E-state index contributed by atoms with van der Waals surface area (Å²) in [6.45, 7) is -0.774. The molecule has 6 nitrogen and oxygen atoms in total. The number of benzene rings is 2. The number of halogens is 5. The molecule has 0 spiro atoms. The topological polar surface area (TPSA) is 84.0 Å². The smallest absolute Gasteiger partial charge is 0.348 e. The molecular weight excluding hydrogens is 425 g/mol. The van der Waals surface area contributed by atoms with E-state index in [4.69, 9.17) is 0 Å². The number of alkyl halides is 3. The summed E-state index contributed by atoms with van der Waals surface area (Å²) in [7, 11) is 0. The molecule has 0 aliphatic carbocycles. The van der Waals surface area contributed by atoms with Gasteiger partial charge in [0.25, 0.3) is 11.3 Å². The second-order valence-corrected chi connectivity index (χ2v) is 6.52. The summed E-state index contributed by atoms with van der Waals surface area (Å²) >= 11 is 0. The van der Waals surface area contributed by atoms with Crippen LogP contribution in [0.25, 0.3) is 0 Å². The third kappa shape index (κ3) is 5.05. The van der Waals surface area contributed by atoms with Crippen molar-refractivity contribution in [1.82, 2.24) is 15.1 Å². The second kappa shape index (κ2) is 8.54. The van der Waals surface area contributed by atoms with Crippen molar-refractivity contribution in [3.05, 3.63) is 103 Å². The Kier molecular flexibility index (Phi) is 6.04. The number of carbonyl (C=O) groups is 1. The lowest BCUT2D eigenvalue weighted by Gasteiger charge is -2.15. The standard InChI is InChI=1S/C20H14F5N3O3/c21-13-5-1-11(2-6-13)9-26-18(30)15-16(29)19(31)28(27-17(15)20(23,24)25)10-12-3-7-14(22)8-4-12/h1-8,27H,9-10H2,(H,26,30). The summed E-state index contributed by atoms with van der Waals surface area (Å²) in [4.78, 5) is 37.0. The van der Waals surface area contributed by atoms with Gasteiger partial charge in [0, 0.05) is 6.54 Å². The number of aromatic nitrogens is 2. The fraction of sp³-hybridized carbons (Fsp3) is 0.150. The van der Waals surface area contributed by atoms with E-state index < -0.39 is 52.5 Å². The van der Waals surface area contributed by atoms with E-state index >= 15 is 0 Å². The van der Waals surface area contributed by atoms with Gasteiger partial charge in [-0.1, -0.05) is 24.3 Å². The molecule has 0 saturated heterocycles. The van der Waals surface area contributed by atoms with Gasteiger partial charge >= 0.3 is 11.7 Å². The van der Waals surface area contributed by atoms with Crippen molar-refractivity contribution in [2.24, 2.45) is 0 Å². The fourth-order valence-corrected chi connectivity index (χ4v) is 2.76. The number of rotatable bonds is 5. The Morgan fingerprint density at radius 2 is 1.42 bits per heavy atom.